The third-order valence-corrected chi connectivity index (χ3v) is 5.79. The topological polar surface area (TPSA) is 145 Å². The fourth-order valence-corrected chi connectivity index (χ4v) is 4.01. The highest BCUT2D eigenvalue weighted by molar-refractivity contribution is 5.94. The lowest BCUT2D eigenvalue weighted by atomic mass is 10.0. The van der Waals surface area contributed by atoms with Crippen molar-refractivity contribution >= 4 is 22.7 Å². The number of hydrogen-bond acceptors (Lipinski definition) is 9. The monoisotopic (exact) mass is 454 g/mol. The number of ether oxygens (including phenoxy) is 1. The van der Waals surface area contributed by atoms with Crippen LogP contribution in [-0.4, -0.2) is 31.6 Å². The number of rotatable bonds is 6. The van der Waals surface area contributed by atoms with Crippen LogP contribution in [0, 0.1) is 11.3 Å². The summed E-state index contributed by atoms with van der Waals surface area (Å²) in [6, 6.07) is 11.0. The van der Waals surface area contributed by atoms with Crippen molar-refractivity contribution in [2.45, 2.75) is 31.8 Å². The lowest BCUT2D eigenvalue weighted by molar-refractivity contribution is 0.398. The summed E-state index contributed by atoms with van der Waals surface area (Å²) in [5.41, 5.74) is 8.03. The first kappa shape index (κ1) is 21.3. The fraction of sp³-hybridized carbons (Fsp3) is 0.250. The molecule has 1 atom stereocenters. The lowest BCUT2D eigenvalue weighted by Gasteiger charge is -2.21. The molecule has 34 heavy (non-hydrogen) atoms. The minimum atomic E-state index is -0.412. The SMILES string of the molecule is COc1ccc(-c2cccc3nc(C(C)Nc4nc(N)ncc4C#N)n(C4CC4)c(=O)c23)cn1. The van der Waals surface area contributed by atoms with E-state index < -0.39 is 6.04 Å². The zero-order chi connectivity index (χ0) is 23.8. The number of benzene rings is 1. The Morgan fingerprint density at radius 1 is 1.21 bits per heavy atom. The summed E-state index contributed by atoms with van der Waals surface area (Å²) >= 11 is 0. The van der Waals surface area contributed by atoms with E-state index in [-0.39, 0.29) is 23.1 Å². The van der Waals surface area contributed by atoms with Gasteiger partial charge in [-0.1, -0.05) is 12.1 Å². The summed E-state index contributed by atoms with van der Waals surface area (Å²) in [6.45, 7) is 1.88. The third-order valence-electron chi connectivity index (χ3n) is 5.79. The highest BCUT2D eigenvalue weighted by Crippen LogP contribution is 2.37. The van der Waals surface area contributed by atoms with Gasteiger partial charge in [0, 0.05) is 23.9 Å². The molecule has 0 radical (unpaired) electrons. The summed E-state index contributed by atoms with van der Waals surface area (Å²) < 4.78 is 6.92. The van der Waals surface area contributed by atoms with Crippen LogP contribution in [0.3, 0.4) is 0 Å². The van der Waals surface area contributed by atoms with Crippen molar-refractivity contribution in [2.75, 3.05) is 18.2 Å². The number of nitriles is 1. The Morgan fingerprint density at radius 3 is 2.71 bits per heavy atom. The molecule has 0 bridgehead atoms. The summed E-state index contributed by atoms with van der Waals surface area (Å²) in [4.78, 5) is 31.0. The van der Waals surface area contributed by atoms with Crippen molar-refractivity contribution in [3.63, 3.8) is 0 Å². The molecular formula is C24H22N8O2. The van der Waals surface area contributed by atoms with Gasteiger partial charge in [-0.05, 0) is 37.5 Å². The molecule has 3 heterocycles. The highest BCUT2D eigenvalue weighted by atomic mass is 16.5. The number of nitrogens with one attached hydrogen (secondary N) is 1. The molecule has 0 aliphatic heterocycles. The van der Waals surface area contributed by atoms with E-state index >= 15 is 0 Å². The van der Waals surface area contributed by atoms with Gasteiger partial charge < -0.3 is 15.8 Å². The zero-order valence-electron chi connectivity index (χ0n) is 18.7. The molecule has 170 valence electrons. The highest BCUT2D eigenvalue weighted by Gasteiger charge is 2.31. The normalized spacial score (nSPS) is 13.9. The van der Waals surface area contributed by atoms with E-state index in [1.807, 2.05) is 31.2 Å². The van der Waals surface area contributed by atoms with Crippen LogP contribution >= 0.6 is 0 Å². The van der Waals surface area contributed by atoms with E-state index in [2.05, 4.69) is 26.3 Å². The smallest absolute Gasteiger partial charge is 0.262 e. The summed E-state index contributed by atoms with van der Waals surface area (Å²) in [7, 11) is 1.56. The Hall–Kier alpha value is -4.52. The molecule has 5 rings (SSSR count). The molecule has 0 saturated heterocycles. The second kappa shape index (κ2) is 8.44. The van der Waals surface area contributed by atoms with Crippen LogP contribution < -0.4 is 21.3 Å². The van der Waals surface area contributed by atoms with E-state index in [1.165, 1.54) is 6.20 Å². The van der Waals surface area contributed by atoms with Crippen LogP contribution in [0.1, 0.15) is 43.2 Å². The van der Waals surface area contributed by atoms with E-state index in [9.17, 15) is 10.1 Å². The van der Waals surface area contributed by atoms with Crippen molar-refractivity contribution in [3.8, 4) is 23.1 Å². The van der Waals surface area contributed by atoms with E-state index in [1.54, 1.807) is 23.9 Å². The lowest BCUT2D eigenvalue weighted by Crippen LogP contribution is -2.28. The van der Waals surface area contributed by atoms with Gasteiger partial charge in [-0.3, -0.25) is 9.36 Å². The Morgan fingerprint density at radius 2 is 2.03 bits per heavy atom. The quantitative estimate of drug-likeness (QED) is 0.448. The molecule has 1 saturated carbocycles. The maximum atomic E-state index is 13.8. The van der Waals surface area contributed by atoms with Crippen molar-refractivity contribution in [3.05, 3.63) is 64.5 Å². The summed E-state index contributed by atoms with van der Waals surface area (Å²) in [5, 5.41) is 13.1. The predicted octanol–water partition coefficient (Wildman–Crippen LogP) is 3.22. The Bertz CT molecular complexity index is 1490. The molecule has 10 heteroatoms. The second-order valence-corrected chi connectivity index (χ2v) is 8.13. The maximum Gasteiger partial charge on any atom is 0.262 e. The van der Waals surface area contributed by atoms with E-state index in [4.69, 9.17) is 15.5 Å². The van der Waals surface area contributed by atoms with Crippen LogP contribution in [0.25, 0.3) is 22.0 Å². The molecule has 3 aromatic heterocycles. The van der Waals surface area contributed by atoms with Gasteiger partial charge in [0.25, 0.3) is 5.56 Å². The Kier molecular flexibility index (Phi) is 5.30. The van der Waals surface area contributed by atoms with Crippen LogP contribution in [0.4, 0.5) is 11.8 Å². The maximum absolute atomic E-state index is 13.8. The minimum absolute atomic E-state index is 0.0532. The first-order chi connectivity index (χ1) is 16.5. The van der Waals surface area contributed by atoms with Gasteiger partial charge in [-0.25, -0.2) is 15.0 Å². The number of hydrogen-bond donors (Lipinski definition) is 2. The van der Waals surface area contributed by atoms with Gasteiger partial charge in [-0.15, -0.1) is 0 Å². The molecule has 3 N–H and O–H groups in total. The van der Waals surface area contributed by atoms with Gasteiger partial charge in [0.1, 0.15) is 23.3 Å². The van der Waals surface area contributed by atoms with Crippen LogP contribution in [0.5, 0.6) is 5.88 Å². The number of fused-ring (bicyclic) bond motifs is 1. The average molecular weight is 454 g/mol. The Balaban J connectivity index is 1.64. The first-order valence-electron chi connectivity index (χ1n) is 10.8. The van der Waals surface area contributed by atoms with Crippen molar-refractivity contribution in [1.82, 2.24) is 24.5 Å². The van der Waals surface area contributed by atoms with E-state index in [0.717, 1.165) is 24.0 Å². The number of aromatic nitrogens is 5. The Labute approximate surface area is 195 Å². The third kappa shape index (κ3) is 3.77. The van der Waals surface area contributed by atoms with Gasteiger partial charge in [0.2, 0.25) is 11.8 Å². The predicted molar refractivity (Wildman–Crippen MR) is 127 cm³/mol. The summed E-state index contributed by atoms with van der Waals surface area (Å²) in [6.07, 6.45) is 4.87. The van der Waals surface area contributed by atoms with Gasteiger partial charge in [-0.2, -0.15) is 10.2 Å². The fourth-order valence-electron chi connectivity index (χ4n) is 4.01. The summed E-state index contributed by atoms with van der Waals surface area (Å²) in [5.74, 6) is 1.43. The molecule has 1 fully saturated rings. The van der Waals surface area contributed by atoms with Crippen LogP contribution in [-0.2, 0) is 0 Å². The first-order valence-corrected chi connectivity index (χ1v) is 10.8. The van der Waals surface area contributed by atoms with Crippen LogP contribution in [0.15, 0.2) is 47.5 Å². The van der Waals surface area contributed by atoms with Gasteiger partial charge in [0.05, 0.1) is 30.3 Å². The standard InChI is InChI=1S/C24H22N8O2/c1-13(29-21-15(10-25)12-28-24(26)31-21)22-30-18-5-3-4-17(14-6-9-19(34-2)27-11-14)20(18)23(33)32(22)16-7-8-16/h3-6,9,11-13,16H,7-8H2,1-2H3,(H3,26,28,29,31). The number of methoxy groups -OCH3 is 1. The molecule has 4 aromatic rings. The molecule has 0 amide bonds. The molecule has 1 aliphatic carbocycles. The average Bonchev–Trinajstić information content (AvgIpc) is 3.69. The number of nitrogens with zero attached hydrogens (tertiary/aromatic N) is 6. The van der Waals surface area contributed by atoms with Gasteiger partial charge in [0.15, 0.2) is 0 Å². The second-order valence-electron chi connectivity index (χ2n) is 8.13. The van der Waals surface area contributed by atoms with Crippen molar-refractivity contribution in [1.29, 1.82) is 5.26 Å². The number of anilines is 2. The molecule has 1 unspecified atom stereocenters. The largest absolute Gasteiger partial charge is 0.481 e. The number of nitrogens with two attached hydrogens (primary N) is 1. The zero-order valence-corrected chi connectivity index (χ0v) is 18.7. The van der Waals surface area contributed by atoms with Crippen LogP contribution in [0.2, 0.25) is 0 Å². The molecule has 10 nitrogen and oxygen atoms in total. The molecular weight excluding hydrogens is 432 g/mol. The van der Waals surface area contributed by atoms with Gasteiger partial charge >= 0.3 is 0 Å². The molecule has 1 aliphatic rings. The molecule has 0 spiro atoms. The number of nitrogen functional groups attached to an aromatic ring is 1. The van der Waals surface area contributed by atoms with Crippen molar-refractivity contribution in [2.24, 2.45) is 0 Å². The number of pyridine rings is 1. The van der Waals surface area contributed by atoms with Crippen molar-refractivity contribution < 1.29 is 4.74 Å². The molecule has 1 aromatic carbocycles. The van der Waals surface area contributed by atoms with E-state index in [0.29, 0.717) is 28.4 Å². The minimum Gasteiger partial charge on any atom is -0.481 e.